The highest BCUT2D eigenvalue weighted by Gasteiger charge is 2.19. The smallest absolute Gasteiger partial charge is 0.255 e. The summed E-state index contributed by atoms with van der Waals surface area (Å²) >= 11 is 0. The highest BCUT2D eigenvalue weighted by Crippen LogP contribution is 2.27. The first kappa shape index (κ1) is 20.4. The zero-order valence-corrected chi connectivity index (χ0v) is 16.1. The number of rotatable bonds is 6. The van der Waals surface area contributed by atoms with Gasteiger partial charge in [0.15, 0.2) is 11.6 Å². The van der Waals surface area contributed by atoms with Gasteiger partial charge in [0.25, 0.3) is 5.91 Å². The Morgan fingerprint density at radius 3 is 2.30 bits per heavy atom. The number of nitrogens with one attached hydrogen (secondary N) is 1. The summed E-state index contributed by atoms with van der Waals surface area (Å²) in [4.78, 5) is 25.8. The molecule has 3 aromatic rings. The van der Waals surface area contributed by atoms with Gasteiger partial charge in [0.2, 0.25) is 0 Å². The van der Waals surface area contributed by atoms with Gasteiger partial charge in [0.05, 0.1) is 18.5 Å². The van der Waals surface area contributed by atoms with Crippen LogP contribution >= 0.6 is 0 Å². The summed E-state index contributed by atoms with van der Waals surface area (Å²) < 4.78 is 5.09. The molecular formula is C22H20N4O4. The van der Waals surface area contributed by atoms with Crippen molar-refractivity contribution < 1.29 is 19.5 Å². The predicted octanol–water partition coefficient (Wildman–Crippen LogP) is 2.86. The number of anilines is 2. The van der Waals surface area contributed by atoms with Gasteiger partial charge in [-0.05, 0) is 42.5 Å². The van der Waals surface area contributed by atoms with Gasteiger partial charge in [0.1, 0.15) is 5.75 Å². The van der Waals surface area contributed by atoms with Gasteiger partial charge in [-0.2, -0.15) is 0 Å². The molecule has 3 rings (SSSR count). The van der Waals surface area contributed by atoms with E-state index in [-0.39, 0.29) is 28.6 Å². The lowest BCUT2D eigenvalue weighted by atomic mass is 9.98. The molecule has 0 saturated heterocycles. The van der Waals surface area contributed by atoms with Crippen LogP contribution in [-0.4, -0.2) is 29.8 Å². The third-order valence-corrected chi connectivity index (χ3v) is 4.46. The molecule has 6 N–H and O–H groups in total. The van der Waals surface area contributed by atoms with Gasteiger partial charge in [-0.3, -0.25) is 9.59 Å². The zero-order valence-electron chi connectivity index (χ0n) is 16.1. The summed E-state index contributed by atoms with van der Waals surface area (Å²) in [7, 11) is 1.53. The van der Waals surface area contributed by atoms with Crippen molar-refractivity contribution in [3.8, 4) is 5.75 Å². The molecule has 0 unspecified atom stereocenters. The van der Waals surface area contributed by atoms with Crippen molar-refractivity contribution in [3.05, 3.63) is 89.0 Å². The van der Waals surface area contributed by atoms with Crippen LogP contribution in [0.3, 0.4) is 0 Å². The minimum absolute atomic E-state index is 0.120. The quantitative estimate of drug-likeness (QED) is 0.124. The fraction of sp³-hybridized carbons (Fsp3) is 0.0455. The molecule has 0 aromatic heterocycles. The third-order valence-electron chi connectivity index (χ3n) is 4.46. The van der Waals surface area contributed by atoms with Crippen LogP contribution in [0.1, 0.15) is 31.8 Å². The summed E-state index contributed by atoms with van der Waals surface area (Å²) in [5.41, 5.74) is 13.4. The lowest BCUT2D eigenvalue weighted by Crippen LogP contribution is -2.17. The Bertz CT molecular complexity index is 1120. The monoisotopic (exact) mass is 404 g/mol. The van der Waals surface area contributed by atoms with Crippen LogP contribution in [0.25, 0.3) is 0 Å². The van der Waals surface area contributed by atoms with E-state index in [1.54, 1.807) is 60.7 Å². The Morgan fingerprint density at radius 1 is 0.967 bits per heavy atom. The van der Waals surface area contributed by atoms with Gasteiger partial charge in [-0.15, -0.1) is 0 Å². The molecule has 1 amide bonds. The minimum Gasteiger partial charge on any atom is -0.497 e. The number of methoxy groups -OCH3 is 1. The molecule has 0 bridgehead atoms. The number of nitrogens with zero attached hydrogens (tertiary/aromatic N) is 1. The Labute approximate surface area is 172 Å². The molecule has 0 aliphatic carbocycles. The highest BCUT2D eigenvalue weighted by atomic mass is 16.5. The van der Waals surface area contributed by atoms with E-state index in [0.29, 0.717) is 22.4 Å². The molecule has 30 heavy (non-hydrogen) atoms. The van der Waals surface area contributed by atoms with Crippen LogP contribution in [0.2, 0.25) is 0 Å². The summed E-state index contributed by atoms with van der Waals surface area (Å²) in [6.07, 6.45) is 0. The Kier molecular flexibility index (Phi) is 5.97. The topological polar surface area (TPSA) is 140 Å². The number of amidine groups is 1. The first-order chi connectivity index (χ1) is 14.4. The first-order valence-corrected chi connectivity index (χ1v) is 8.91. The van der Waals surface area contributed by atoms with Crippen LogP contribution in [0, 0.1) is 0 Å². The van der Waals surface area contributed by atoms with Gasteiger partial charge in [-0.1, -0.05) is 29.4 Å². The minimum atomic E-state index is -0.421. The molecule has 8 heteroatoms. The van der Waals surface area contributed by atoms with E-state index < -0.39 is 5.91 Å². The number of oxime groups is 1. The maximum atomic E-state index is 13.1. The lowest BCUT2D eigenvalue weighted by Gasteiger charge is -2.14. The van der Waals surface area contributed by atoms with E-state index in [1.807, 2.05) is 0 Å². The summed E-state index contributed by atoms with van der Waals surface area (Å²) in [6.45, 7) is 0. The summed E-state index contributed by atoms with van der Waals surface area (Å²) in [5, 5.41) is 14.5. The van der Waals surface area contributed by atoms with E-state index in [4.69, 9.17) is 21.4 Å². The number of amides is 1. The molecule has 0 fully saturated rings. The van der Waals surface area contributed by atoms with Gasteiger partial charge in [-0.25, -0.2) is 0 Å². The summed E-state index contributed by atoms with van der Waals surface area (Å²) in [5.74, 6) is -0.299. The molecule has 0 saturated carbocycles. The highest BCUT2D eigenvalue weighted by molar-refractivity contribution is 6.17. The van der Waals surface area contributed by atoms with E-state index in [0.717, 1.165) is 0 Å². The van der Waals surface area contributed by atoms with E-state index in [2.05, 4.69) is 10.5 Å². The molecular weight excluding hydrogens is 384 g/mol. The number of ether oxygens (including phenoxy) is 1. The largest absolute Gasteiger partial charge is 0.497 e. The average Bonchev–Trinajstić information content (AvgIpc) is 2.79. The van der Waals surface area contributed by atoms with Crippen LogP contribution in [-0.2, 0) is 0 Å². The third kappa shape index (κ3) is 4.22. The number of carbonyl (C=O) groups excluding carboxylic acids is 2. The fourth-order valence-electron chi connectivity index (χ4n) is 2.86. The van der Waals surface area contributed by atoms with Crippen LogP contribution < -0.4 is 21.5 Å². The SMILES string of the molecule is COc1ccc(C(=O)Nc2c(N)cccc2C(=O)c2cccc(C(N)=NO)c2)cc1. The maximum Gasteiger partial charge on any atom is 0.255 e. The van der Waals surface area contributed by atoms with Crippen LogP contribution in [0.5, 0.6) is 5.75 Å². The first-order valence-electron chi connectivity index (χ1n) is 8.91. The van der Waals surface area contributed by atoms with Crippen molar-refractivity contribution in [2.45, 2.75) is 0 Å². The molecule has 0 atom stereocenters. The van der Waals surface area contributed by atoms with Crippen molar-refractivity contribution in [2.24, 2.45) is 10.9 Å². The molecule has 0 heterocycles. The average molecular weight is 404 g/mol. The second-order valence-corrected chi connectivity index (χ2v) is 6.35. The number of carbonyl (C=O) groups is 2. The number of nitrogens with two attached hydrogens (primary N) is 2. The Balaban J connectivity index is 1.94. The second-order valence-electron chi connectivity index (χ2n) is 6.35. The van der Waals surface area contributed by atoms with Crippen molar-refractivity contribution in [2.75, 3.05) is 18.2 Å². The molecule has 0 spiro atoms. The van der Waals surface area contributed by atoms with E-state index >= 15 is 0 Å². The van der Waals surface area contributed by atoms with Crippen molar-refractivity contribution >= 4 is 28.9 Å². The normalized spacial score (nSPS) is 11.0. The molecule has 8 nitrogen and oxygen atoms in total. The molecule has 0 aliphatic rings. The van der Waals surface area contributed by atoms with Crippen molar-refractivity contribution in [1.82, 2.24) is 0 Å². The number of nitrogen functional groups attached to an aromatic ring is 1. The molecule has 3 aromatic carbocycles. The fourth-order valence-corrected chi connectivity index (χ4v) is 2.86. The number of benzene rings is 3. The zero-order chi connectivity index (χ0) is 21.7. The summed E-state index contributed by atoms with van der Waals surface area (Å²) in [6, 6.07) is 17.6. The number of hydrogen-bond acceptors (Lipinski definition) is 6. The number of para-hydroxylation sites is 1. The Hall–Kier alpha value is -4.33. The van der Waals surface area contributed by atoms with Crippen molar-refractivity contribution in [1.29, 1.82) is 0 Å². The molecule has 0 aliphatic heterocycles. The second kappa shape index (κ2) is 8.78. The lowest BCUT2D eigenvalue weighted by molar-refractivity contribution is 0.102. The Morgan fingerprint density at radius 2 is 1.63 bits per heavy atom. The van der Waals surface area contributed by atoms with Gasteiger partial charge in [0, 0.05) is 22.3 Å². The van der Waals surface area contributed by atoms with Gasteiger partial charge < -0.3 is 26.7 Å². The van der Waals surface area contributed by atoms with Crippen LogP contribution in [0.4, 0.5) is 11.4 Å². The molecule has 0 radical (unpaired) electrons. The van der Waals surface area contributed by atoms with E-state index in [1.165, 1.54) is 13.2 Å². The van der Waals surface area contributed by atoms with Gasteiger partial charge >= 0.3 is 0 Å². The predicted molar refractivity (Wildman–Crippen MR) is 114 cm³/mol. The number of ketones is 1. The standard InChI is InChI=1S/C22H20N4O4/c1-30-16-10-8-13(9-11-16)22(28)25-19-17(6-3-7-18(19)23)20(27)14-4-2-5-15(12-14)21(24)26-29/h2-12,29H,23H2,1H3,(H2,24,26)(H,25,28). The van der Waals surface area contributed by atoms with E-state index in [9.17, 15) is 9.59 Å². The number of hydrogen-bond donors (Lipinski definition) is 4. The maximum absolute atomic E-state index is 13.1. The van der Waals surface area contributed by atoms with Crippen LogP contribution in [0.15, 0.2) is 71.9 Å². The molecule has 152 valence electrons. The van der Waals surface area contributed by atoms with Crippen molar-refractivity contribution in [3.63, 3.8) is 0 Å².